The molecular weight excluding hydrogens is 224 g/mol. The molecule has 1 aliphatic carbocycles. The van der Waals surface area contributed by atoms with Gasteiger partial charge >= 0.3 is 0 Å². The van der Waals surface area contributed by atoms with Gasteiger partial charge in [-0.15, -0.1) is 0 Å². The van der Waals surface area contributed by atoms with Gasteiger partial charge in [0.25, 0.3) is 0 Å². The maximum Gasteiger partial charge on any atom is 0.214 e. The van der Waals surface area contributed by atoms with E-state index in [0.717, 1.165) is 19.3 Å². The zero-order valence-electron chi connectivity index (χ0n) is 9.93. The summed E-state index contributed by atoms with van der Waals surface area (Å²) in [6, 6.07) is 0.209. The van der Waals surface area contributed by atoms with Crippen molar-refractivity contribution in [3.05, 3.63) is 0 Å². The molecule has 0 radical (unpaired) electrons. The van der Waals surface area contributed by atoms with E-state index in [2.05, 4.69) is 0 Å². The van der Waals surface area contributed by atoms with E-state index in [1.807, 2.05) is 6.92 Å². The van der Waals surface area contributed by atoms with Gasteiger partial charge in [0.05, 0.1) is 5.75 Å². The molecule has 0 spiro atoms. The average molecular weight is 246 g/mol. The molecular formula is C11H22N2O2S. The van der Waals surface area contributed by atoms with Crippen molar-refractivity contribution in [2.24, 2.45) is 17.6 Å². The number of hydrogen-bond acceptors (Lipinski definition) is 3. The van der Waals surface area contributed by atoms with E-state index in [-0.39, 0.29) is 11.8 Å². The first-order valence-electron chi connectivity index (χ1n) is 6.28. The number of sulfonamides is 1. The van der Waals surface area contributed by atoms with Crippen molar-refractivity contribution < 1.29 is 8.42 Å². The molecule has 16 heavy (non-hydrogen) atoms. The molecule has 94 valence electrons. The number of hydrogen-bond donors (Lipinski definition) is 1. The fraction of sp³-hybridized carbons (Fsp3) is 1.00. The van der Waals surface area contributed by atoms with Gasteiger partial charge in [-0.25, -0.2) is 12.7 Å². The third-order valence-electron chi connectivity index (χ3n) is 3.98. The van der Waals surface area contributed by atoms with E-state index in [1.54, 1.807) is 4.31 Å². The molecule has 0 aromatic carbocycles. The Bertz CT molecular complexity index is 342. The molecule has 3 unspecified atom stereocenters. The maximum absolute atomic E-state index is 12.0. The lowest BCUT2D eigenvalue weighted by Gasteiger charge is -2.29. The molecule has 0 aromatic rings. The van der Waals surface area contributed by atoms with Gasteiger partial charge in [0.15, 0.2) is 0 Å². The van der Waals surface area contributed by atoms with Crippen LogP contribution >= 0.6 is 0 Å². The maximum atomic E-state index is 12.0. The van der Waals surface area contributed by atoms with Crippen LogP contribution in [0.2, 0.25) is 0 Å². The summed E-state index contributed by atoms with van der Waals surface area (Å²) >= 11 is 0. The Morgan fingerprint density at radius 3 is 2.69 bits per heavy atom. The Morgan fingerprint density at radius 2 is 2.06 bits per heavy atom. The number of nitrogens with two attached hydrogens (primary N) is 1. The third-order valence-corrected chi connectivity index (χ3v) is 5.98. The smallest absolute Gasteiger partial charge is 0.214 e. The first-order valence-corrected chi connectivity index (χ1v) is 7.89. The van der Waals surface area contributed by atoms with E-state index < -0.39 is 10.0 Å². The number of fused-ring (bicyclic) bond motifs is 1. The molecule has 3 atom stereocenters. The fourth-order valence-corrected chi connectivity index (χ4v) is 4.68. The highest BCUT2D eigenvalue weighted by Gasteiger charge is 2.42. The van der Waals surface area contributed by atoms with Crippen LogP contribution < -0.4 is 5.73 Å². The van der Waals surface area contributed by atoms with E-state index in [0.29, 0.717) is 31.3 Å². The quantitative estimate of drug-likeness (QED) is 0.800. The molecule has 2 aliphatic rings. The van der Waals surface area contributed by atoms with Gasteiger partial charge in [-0.3, -0.25) is 0 Å². The summed E-state index contributed by atoms with van der Waals surface area (Å²) in [6.07, 6.45) is 4.06. The second-order valence-corrected chi connectivity index (χ2v) is 7.24. The molecule has 1 saturated carbocycles. The van der Waals surface area contributed by atoms with Crippen molar-refractivity contribution in [1.82, 2.24) is 4.31 Å². The molecule has 2 fully saturated rings. The van der Waals surface area contributed by atoms with Crippen LogP contribution in [-0.4, -0.2) is 37.6 Å². The third kappa shape index (κ3) is 2.26. The lowest BCUT2D eigenvalue weighted by atomic mass is 9.78. The van der Waals surface area contributed by atoms with Crippen LogP contribution in [-0.2, 0) is 10.0 Å². The zero-order valence-corrected chi connectivity index (χ0v) is 10.7. The van der Waals surface area contributed by atoms with Gasteiger partial charge in [0, 0.05) is 19.1 Å². The summed E-state index contributed by atoms with van der Waals surface area (Å²) in [5, 5.41) is 0. The van der Waals surface area contributed by atoms with E-state index in [4.69, 9.17) is 5.73 Å². The van der Waals surface area contributed by atoms with Crippen LogP contribution in [0, 0.1) is 11.8 Å². The Labute approximate surface area is 98.2 Å². The monoisotopic (exact) mass is 246 g/mol. The summed E-state index contributed by atoms with van der Waals surface area (Å²) in [5.41, 5.74) is 6.08. The molecule has 1 saturated heterocycles. The zero-order chi connectivity index (χ0) is 11.8. The van der Waals surface area contributed by atoms with Gasteiger partial charge in [-0.05, 0) is 31.1 Å². The van der Waals surface area contributed by atoms with Crippen molar-refractivity contribution in [2.75, 3.05) is 18.8 Å². The van der Waals surface area contributed by atoms with Crippen molar-refractivity contribution >= 4 is 10.0 Å². The lowest BCUT2D eigenvalue weighted by molar-refractivity contribution is 0.260. The van der Waals surface area contributed by atoms with Gasteiger partial charge in [-0.1, -0.05) is 13.3 Å². The number of rotatable bonds is 3. The predicted octanol–water partition coefficient (Wildman–Crippen LogP) is 0.785. The highest BCUT2D eigenvalue weighted by molar-refractivity contribution is 7.89. The minimum absolute atomic E-state index is 0.209. The summed E-state index contributed by atoms with van der Waals surface area (Å²) in [7, 11) is -3.01. The van der Waals surface area contributed by atoms with E-state index >= 15 is 0 Å². The Hall–Kier alpha value is -0.130. The summed E-state index contributed by atoms with van der Waals surface area (Å²) in [5.74, 6) is 1.19. The van der Waals surface area contributed by atoms with Crippen LogP contribution in [0.5, 0.6) is 0 Å². The largest absolute Gasteiger partial charge is 0.327 e. The van der Waals surface area contributed by atoms with Crippen molar-refractivity contribution in [3.8, 4) is 0 Å². The van der Waals surface area contributed by atoms with Crippen molar-refractivity contribution in [1.29, 1.82) is 0 Å². The average Bonchev–Trinajstić information content (AvgIpc) is 2.63. The van der Waals surface area contributed by atoms with Crippen LogP contribution in [0.3, 0.4) is 0 Å². The second-order valence-electron chi connectivity index (χ2n) is 5.15. The Morgan fingerprint density at radius 1 is 1.31 bits per heavy atom. The molecule has 1 aliphatic heterocycles. The van der Waals surface area contributed by atoms with Crippen molar-refractivity contribution in [3.63, 3.8) is 0 Å². The molecule has 0 bridgehead atoms. The highest BCUT2D eigenvalue weighted by atomic mass is 32.2. The first kappa shape index (κ1) is 12.3. The normalized spacial score (nSPS) is 36.2. The highest BCUT2D eigenvalue weighted by Crippen LogP contribution is 2.36. The molecule has 2 rings (SSSR count). The summed E-state index contributed by atoms with van der Waals surface area (Å²) < 4.78 is 25.6. The molecule has 1 heterocycles. The van der Waals surface area contributed by atoms with Gasteiger partial charge < -0.3 is 5.73 Å². The molecule has 0 amide bonds. The fourth-order valence-electron chi connectivity index (χ4n) is 3.09. The van der Waals surface area contributed by atoms with Crippen LogP contribution in [0.4, 0.5) is 0 Å². The van der Waals surface area contributed by atoms with Crippen molar-refractivity contribution in [2.45, 2.75) is 38.6 Å². The minimum Gasteiger partial charge on any atom is -0.327 e. The SMILES string of the molecule is CCCS(=O)(=O)N1CC2CCCC(N)C2C1. The number of nitrogens with zero attached hydrogens (tertiary/aromatic N) is 1. The van der Waals surface area contributed by atoms with Crippen LogP contribution in [0.15, 0.2) is 0 Å². The van der Waals surface area contributed by atoms with Gasteiger partial charge in [-0.2, -0.15) is 0 Å². The molecule has 0 aromatic heterocycles. The topological polar surface area (TPSA) is 63.4 Å². The first-order chi connectivity index (χ1) is 7.54. The lowest BCUT2D eigenvalue weighted by Crippen LogP contribution is -2.38. The molecule has 4 nitrogen and oxygen atoms in total. The summed E-state index contributed by atoms with van der Waals surface area (Å²) in [6.45, 7) is 3.28. The Balaban J connectivity index is 2.06. The van der Waals surface area contributed by atoms with Gasteiger partial charge in [0.1, 0.15) is 0 Å². The van der Waals surface area contributed by atoms with Gasteiger partial charge in [0.2, 0.25) is 10.0 Å². The minimum atomic E-state index is -3.01. The molecule has 2 N–H and O–H groups in total. The Kier molecular flexibility index (Phi) is 3.56. The van der Waals surface area contributed by atoms with Crippen LogP contribution in [0.25, 0.3) is 0 Å². The standard InChI is InChI=1S/C11H22N2O2S/c1-2-6-16(14,15)13-7-9-4-3-5-11(12)10(9)8-13/h9-11H,2-8,12H2,1H3. The second kappa shape index (κ2) is 4.63. The summed E-state index contributed by atoms with van der Waals surface area (Å²) in [4.78, 5) is 0. The predicted molar refractivity (Wildman–Crippen MR) is 64.5 cm³/mol. The molecule has 5 heteroatoms. The van der Waals surface area contributed by atoms with Crippen LogP contribution in [0.1, 0.15) is 32.6 Å². The van der Waals surface area contributed by atoms with E-state index in [9.17, 15) is 8.42 Å². The van der Waals surface area contributed by atoms with E-state index in [1.165, 1.54) is 0 Å².